The van der Waals surface area contributed by atoms with Crippen LogP contribution in [0.2, 0.25) is 0 Å². The molecule has 0 aromatic heterocycles. The summed E-state index contributed by atoms with van der Waals surface area (Å²) in [5.41, 5.74) is 0. The molecule has 0 heterocycles. The van der Waals surface area contributed by atoms with Gasteiger partial charge < -0.3 is 9.84 Å². The van der Waals surface area contributed by atoms with Crippen LogP contribution in [0.25, 0.3) is 0 Å². The first-order valence-electron chi connectivity index (χ1n) is 2.52. The number of aliphatic carboxylic acids is 1. The summed E-state index contributed by atoms with van der Waals surface area (Å²) in [5.74, 6) is 1.61. The smallest absolute Gasteiger partial charge is 0.306 e. The second-order valence-corrected chi connectivity index (χ2v) is 1.34. The van der Waals surface area contributed by atoms with Crippen LogP contribution in [-0.4, -0.2) is 17.7 Å². The van der Waals surface area contributed by atoms with Crippen molar-refractivity contribution in [3.05, 3.63) is 0 Å². The molecule has 0 saturated heterocycles. The molecule has 0 saturated carbocycles. The summed E-state index contributed by atoms with van der Waals surface area (Å²) >= 11 is 0. The van der Waals surface area contributed by atoms with E-state index in [1.54, 1.807) is 6.92 Å². The van der Waals surface area contributed by atoms with E-state index in [0.29, 0.717) is 0 Å². The van der Waals surface area contributed by atoms with Gasteiger partial charge in [0.05, 0.1) is 6.42 Å². The van der Waals surface area contributed by atoms with Gasteiger partial charge in [-0.3, -0.25) is 4.79 Å². The monoisotopic (exact) mass is 128 g/mol. The van der Waals surface area contributed by atoms with Crippen LogP contribution >= 0.6 is 0 Å². The fourth-order valence-corrected chi connectivity index (χ4v) is 0.262. The third-order valence-electron chi connectivity index (χ3n) is 0.592. The molecule has 0 rings (SSSR count). The minimum absolute atomic E-state index is 0.00861. The van der Waals surface area contributed by atoms with Crippen LogP contribution in [-0.2, 0) is 9.53 Å². The summed E-state index contributed by atoms with van der Waals surface area (Å²) < 4.78 is 4.55. The first-order chi connectivity index (χ1) is 4.27. The van der Waals surface area contributed by atoms with Crippen LogP contribution < -0.4 is 0 Å². The molecule has 1 N–H and O–H groups in total. The van der Waals surface area contributed by atoms with Crippen LogP contribution in [0.3, 0.4) is 0 Å². The van der Waals surface area contributed by atoms with E-state index in [1.165, 1.54) is 0 Å². The highest BCUT2D eigenvalue weighted by Crippen LogP contribution is 1.79. The van der Waals surface area contributed by atoms with Crippen LogP contribution in [0.5, 0.6) is 0 Å². The van der Waals surface area contributed by atoms with Crippen molar-refractivity contribution >= 4 is 5.97 Å². The summed E-state index contributed by atoms with van der Waals surface area (Å²) in [6.07, 6.45) is 2.30. The van der Waals surface area contributed by atoms with Crippen LogP contribution in [0.4, 0.5) is 0 Å². The molecule has 0 fully saturated rings. The molecular formula is C6H8O3. The average molecular weight is 128 g/mol. The fourth-order valence-electron chi connectivity index (χ4n) is 0.262. The SMILES string of the molecule is CC#COCCC(=O)O. The highest BCUT2D eigenvalue weighted by atomic mass is 16.5. The normalized spacial score (nSPS) is 7.22. The summed E-state index contributed by atoms with van der Waals surface area (Å²) in [6.45, 7) is 1.79. The van der Waals surface area contributed by atoms with E-state index < -0.39 is 5.97 Å². The highest BCUT2D eigenvalue weighted by Gasteiger charge is 1.93. The van der Waals surface area contributed by atoms with Gasteiger partial charge in [0.25, 0.3) is 0 Å². The zero-order chi connectivity index (χ0) is 7.11. The molecule has 0 aromatic carbocycles. The third-order valence-corrected chi connectivity index (χ3v) is 0.592. The number of ether oxygens (including phenoxy) is 1. The lowest BCUT2D eigenvalue weighted by atomic mass is 10.5. The Balaban J connectivity index is 3.07. The van der Waals surface area contributed by atoms with E-state index >= 15 is 0 Å². The number of carbonyl (C=O) groups is 1. The summed E-state index contributed by atoms with van der Waals surface area (Å²) in [5, 5.41) is 8.08. The Labute approximate surface area is 53.6 Å². The number of carboxylic acids is 1. The molecule has 0 aliphatic rings. The van der Waals surface area contributed by atoms with E-state index in [2.05, 4.69) is 16.8 Å². The van der Waals surface area contributed by atoms with Crippen molar-refractivity contribution in [2.75, 3.05) is 6.61 Å². The zero-order valence-electron chi connectivity index (χ0n) is 5.18. The van der Waals surface area contributed by atoms with Gasteiger partial charge in [0, 0.05) is 6.92 Å². The third kappa shape index (κ3) is 6.83. The molecule has 50 valence electrons. The quantitative estimate of drug-likeness (QED) is 0.443. The Kier molecular flexibility index (Phi) is 4.33. The van der Waals surface area contributed by atoms with Gasteiger partial charge >= 0.3 is 5.97 Å². The number of carboxylic acid groups (broad SMARTS) is 1. The molecule has 0 bridgehead atoms. The lowest BCUT2D eigenvalue weighted by Crippen LogP contribution is -1.99. The van der Waals surface area contributed by atoms with Gasteiger partial charge in [0.2, 0.25) is 0 Å². The Hall–Kier alpha value is -1.17. The molecule has 0 unspecified atom stereocenters. The van der Waals surface area contributed by atoms with Crippen molar-refractivity contribution < 1.29 is 14.6 Å². The van der Waals surface area contributed by atoms with Crippen molar-refractivity contribution in [3.63, 3.8) is 0 Å². The summed E-state index contributed by atoms with van der Waals surface area (Å²) in [4.78, 5) is 9.83. The van der Waals surface area contributed by atoms with Gasteiger partial charge in [0.15, 0.2) is 0 Å². The fraction of sp³-hybridized carbons (Fsp3) is 0.500. The molecule has 0 atom stereocenters. The Morgan fingerprint density at radius 1 is 1.78 bits per heavy atom. The molecule has 0 spiro atoms. The van der Waals surface area contributed by atoms with Crippen LogP contribution in [0, 0.1) is 12.0 Å². The second kappa shape index (κ2) is 4.98. The van der Waals surface area contributed by atoms with Crippen LogP contribution in [0.15, 0.2) is 0 Å². The summed E-state index contributed by atoms with van der Waals surface area (Å²) in [7, 11) is 0. The number of hydrogen-bond acceptors (Lipinski definition) is 2. The molecule has 0 radical (unpaired) electrons. The Morgan fingerprint density at radius 2 is 2.44 bits per heavy atom. The van der Waals surface area contributed by atoms with Gasteiger partial charge in [-0.2, -0.15) is 0 Å². The molecular weight excluding hydrogens is 120 g/mol. The van der Waals surface area contributed by atoms with Gasteiger partial charge in [-0.15, -0.1) is 0 Å². The lowest BCUT2D eigenvalue weighted by molar-refractivity contribution is -0.137. The molecule has 3 nitrogen and oxygen atoms in total. The maximum atomic E-state index is 9.83. The predicted octanol–water partition coefficient (Wildman–Crippen LogP) is 0.459. The molecule has 0 aromatic rings. The van der Waals surface area contributed by atoms with Crippen molar-refractivity contribution in [1.29, 1.82) is 0 Å². The molecule has 9 heavy (non-hydrogen) atoms. The standard InChI is InChI=1S/C6H8O3/c1-2-4-9-5-3-6(7)8/h3,5H2,1H3,(H,7,8). The second-order valence-electron chi connectivity index (χ2n) is 1.34. The first-order valence-corrected chi connectivity index (χ1v) is 2.52. The van der Waals surface area contributed by atoms with Crippen molar-refractivity contribution in [2.45, 2.75) is 13.3 Å². The number of hydrogen-bond donors (Lipinski definition) is 1. The largest absolute Gasteiger partial charge is 0.481 e. The maximum absolute atomic E-state index is 9.83. The topological polar surface area (TPSA) is 46.5 Å². The molecule has 0 aliphatic heterocycles. The van der Waals surface area contributed by atoms with Gasteiger partial charge in [0.1, 0.15) is 12.7 Å². The minimum Gasteiger partial charge on any atom is -0.481 e. The zero-order valence-corrected chi connectivity index (χ0v) is 5.18. The van der Waals surface area contributed by atoms with Gasteiger partial charge in [-0.1, -0.05) is 5.92 Å². The minimum atomic E-state index is -0.868. The van der Waals surface area contributed by atoms with Crippen molar-refractivity contribution in [1.82, 2.24) is 0 Å². The van der Waals surface area contributed by atoms with Gasteiger partial charge in [-0.05, 0) is 0 Å². The molecule has 0 aliphatic carbocycles. The van der Waals surface area contributed by atoms with Gasteiger partial charge in [-0.25, -0.2) is 0 Å². The van der Waals surface area contributed by atoms with Crippen LogP contribution in [0.1, 0.15) is 13.3 Å². The van der Waals surface area contributed by atoms with E-state index in [9.17, 15) is 4.79 Å². The van der Waals surface area contributed by atoms with E-state index in [-0.39, 0.29) is 13.0 Å². The molecule has 0 amide bonds. The summed E-state index contributed by atoms with van der Waals surface area (Å²) in [6, 6.07) is 0. The average Bonchev–Trinajstić information content (AvgIpc) is 1.80. The maximum Gasteiger partial charge on any atom is 0.306 e. The number of rotatable bonds is 3. The van der Waals surface area contributed by atoms with E-state index in [0.717, 1.165) is 0 Å². The lowest BCUT2D eigenvalue weighted by Gasteiger charge is -1.90. The van der Waals surface area contributed by atoms with Crippen molar-refractivity contribution in [3.8, 4) is 12.0 Å². The Bertz CT molecular complexity index is 140. The highest BCUT2D eigenvalue weighted by molar-refractivity contribution is 5.66. The first kappa shape index (κ1) is 7.83. The Morgan fingerprint density at radius 3 is 2.89 bits per heavy atom. The van der Waals surface area contributed by atoms with E-state index in [1.807, 2.05) is 0 Å². The predicted molar refractivity (Wildman–Crippen MR) is 31.7 cm³/mol. The van der Waals surface area contributed by atoms with E-state index in [4.69, 9.17) is 5.11 Å². The van der Waals surface area contributed by atoms with Crippen molar-refractivity contribution in [2.24, 2.45) is 0 Å². The molecule has 3 heteroatoms.